The predicted octanol–water partition coefficient (Wildman–Crippen LogP) is 4.76. The van der Waals surface area contributed by atoms with E-state index >= 15 is 0 Å². The minimum absolute atomic E-state index is 0.0428. The zero-order valence-electron chi connectivity index (χ0n) is 20.0. The van der Waals surface area contributed by atoms with Crippen LogP contribution < -0.4 is 5.56 Å². The lowest BCUT2D eigenvalue weighted by molar-refractivity contribution is -0.130. The molecule has 0 aliphatic rings. The highest BCUT2D eigenvalue weighted by Crippen LogP contribution is 2.23. The van der Waals surface area contributed by atoms with E-state index in [9.17, 15) is 9.59 Å². The average Bonchev–Trinajstić information content (AvgIpc) is 3.27. The van der Waals surface area contributed by atoms with Gasteiger partial charge in [0.1, 0.15) is 0 Å². The van der Waals surface area contributed by atoms with Gasteiger partial charge in [0.25, 0.3) is 5.56 Å². The predicted molar refractivity (Wildman–Crippen MR) is 137 cm³/mol. The Kier molecular flexibility index (Phi) is 7.67. The van der Waals surface area contributed by atoms with Crippen LogP contribution in [0.2, 0.25) is 0 Å². The number of hydrogen-bond donors (Lipinski definition) is 0. The van der Waals surface area contributed by atoms with Crippen LogP contribution in [0.25, 0.3) is 16.7 Å². The van der Waals surface area contributed by atoms with E-state index in [-0.39, 0.29) is 23.3 Å². The summed E-state index contributed by atoms with van der Waals surface area (Å²) < 4.78 is 3.63. The second kappa shape index (κ2) is 10.9. The van der Waals surface area contributed by atoms with Gasteiger partial charge in [-0.25, -0.2) is 0 Å². The van der Waals surface area contributed by atoms with Crippen LogP contribution in [0.4, 0.5) is 0 Å². The Morgan fingerprint density at radius 1 is 1.03 bits per heavy atom. The van der Waals surface area contributed by atoms with E-state index in [0.29, 0.717) is 29.4 Å². The van der Waals surface area contributed by atoms with Gasteiger partial charge < -0.3 is 4.90 Å². The van der Waals surface area contributed by atoms with E-state index in [1.54, 1.807) is 4.57 Å². The lowest BCUT2D eigenvalue weighted by atomic mass is 10.2. The van der Waals surface area contributed by atoms with Crippen molar-refractivity contribution >= 4 is 34.3 Å². The van der Waals surface area contributed by atoms with Crippen LogP contribution in [-0.4, -0.2) is 41.8 Å². The molecule has 8 heteroatoms. The molecule has 0 spiro atoms. The maximum absolute atomic E-state index is 13.2. The molecule has 2 aromatic carbocycles. The smallest absolute Gasteiger partial charge is 0.262 e. The van der Waals surface area contributed by atoms with Crippen LogP contribution in [-0.2, 0) is 17.9 Å². The number of thioether (sulfide) groups is 1. The molecule has 2 aromatic heterocycles. The highest BCUT2D eigenvalue weighted by Gasteiger charge is 2.21. The third kappa shape index (κ3) is 5.01. The van der Waals surface area contributed by atoms with Gasteiger partial charge in [0.05, 0.1) is 16.7 Å². The first-order chi connectivity index (χ1) is 16.5. The number of carbonyl (C=O) groups excluding carboxylic acids is 1. The van der Waals surface area contributed by atoms with Crippen LogP contribution in [0.15, 0.2) is 64.5 Å². The number of unbranched alkanes of at least 4 members (excludes halogenated alkanes) is 2. The molecule has 1 amide bonds. The third-order valence-electron chi connectivity index (χ3n) is 5.93. The first-order valence-electron chi connectivity index (χ1n) is 11.8. The van der Waals surface area contributed by atoms with Gasteiger partial charge in [-0.3, -0.25) is 18.6 Å². The van der Waals surface area contributed by atoms with E-state index in [0.717, 1.165) is 30.3 Å². The number of aromatic nitrogens is 4. The van der Waals surface area contributed by atoms with E-state index in [4.69, 9.17) is 0 Å². The summed E-state index contributed by atoms with van der Waals surface area (Å²) in [5, 5.41) is 9.99. The van der Waals surface area contributed by atoms with Gasteiger partial charge >= 0.3 is 0 Å². The van der Waals surface area contributed by atoms with Gasteiger partial charge in [0, 0.05) is 19.1 Å². The minimum atomic E-state index is -0.0481. The Balaban J connectivity index is 1.63. The van der Waals surface area contributed by atoms with Gasteiger partial charge in [0.15, 0.2) is 5.16 Å². The molecule has 7 nitrogen and oxygen atoms in total. The van der Waals surface area contributed by atoms with Gasteiger partial charge in [-0.15, -0.1) is 10.2 Å². The minimum Gasteiger partial charge on any atom is -0.335 e. The number of benzene rings is 2. The summed E-state index contributed by atoms with van der Waals surface area (Å²) in [7, 11) is 0. The largest absolute Gasteiger partial charge is 0.335 e. The van der Waals surface area contributed by atoms with Gasteiger partial charge in [-0.1, -0.05) is 74.0 Å². The fourth-order valence-corrected chi connectivity index (χ4v) is 4.92. The molecule has 0 N–H and O–H groups in total. The van der Waals surface area contributed by atoms with Crippen molar-refractivity contribution in [1.29, 1.82) is 0 Å². The molecule has 0 aliphatic carbocycles. The first kappa shape index (κ1) is 24.0. The van der Waals surface area contributed by atoms with Crippen LogP contribution in [0, 0.1) is 0 Å². The third-order valence-corrected chi connectivity index (χ3v) is 6.84. The molecule has 2 heterocycles. The molecule has 178 valence electrons. The molecule has 0 unspecified atom stereocenters. The summed E-state index contributed by atoms with van der Waals surface area (Å²) in [5.41, 5.74) is 1.82. The number of para-hydroxylation sites is 1. The average molecular weight is 478 g/mol. The fourth-order valence-electron chi connectivity index (χ4n) is 4.10. The quantitative estimate of drug-likeness (QED) is 0.243. The highest BCUT2D eigenvalue weighted by molar-refractivity contribution is 7.99. The molecule has 4 rings (SSSR count). The Morgan fingerprint density at radius 3 is 2.50 bits per heavy atom. The number of carbonyl (C=O) groups is 1. The highest BCUT2D eigenvalue weighted by atomic mass is 32.2. The van der Waals surface area contributed by atoms with Crippen LogP contribution in [0.1, 0.15) is 45.6 Å². The fraction of sp³-hybridized carbons (Fsp3) is 0.385. The van der Waals surface area contributed by atoms with Crippen LogP contribution in [0.3, 0.4) is 0 Å². The Hall–Kier alpha value is -3.13. The maximum atomic E-state index is 13.2. The SMILES string of the molecule is CCCCCn1c(=O)c2ccccc2n2c(SCC(=O)N(Cc3ccccc3)C(C)C)nnc12. The van der Waals surface area contributed by atoms with Crippen molar-refractivity contribution in [3.63, 3.8) is 0 Å². The number of fused-ring (bicyclic) bond motifs is 3. The number of rotatable bonds is 10. The molecular weight excluding hydrogens is 446 g/mol. The molecule has 0 saturated carbocycles. The summed E-state index contributed by atoms with van der Waals surface area (Å²) in [6.07, 6.45) is 3.02. The second-order valence-corrected chi connectivity index (χ2v) is 9.63. The van der Waals surface area contributed by atoms with Crippen molar-refractivity contribution in [2.75, 3.05) is 5.75 Å². The molecule has 0 radical (unpaired) electrons. The van der Waals surface area contributed by atoms with Gasteiger partial charge in [-0.2, -0.15) is 0 Å². The summed E-state index contributed by atoms with van der Waals surface area (Å²) >= 11 is 1.36. The zero-order valence-corrected chi connectivity index (χ0v) is 20.8. The van der Waals surface area contributed by atoms with Crippen LogP contribution >= 0.6 is 11.8 Å². The van der Waals surface area contributed by atoms with Crippen molar-refractivity contribution in [3.8, 4) is 0 Å². The summed E-state index contributed by atoms with van der Waals surface area (Å²) in [4.78, 5) is 28.2. The number of nitrogens with zero attached hydrogens (tertiary/aromatic N) is 5. The second-order valence-electron chi connectivity index (χ2n) is 8.69. The summed E-state index contributed by atoms with van der Waals surface area (Å²) in [6.45, 7) is 7.36. The zero-order chi connectivity index (χ0) is 24.1. The normalized spacial score (nSPS) is 11.5. The van der Waals surface area contributed by atoms with E-state index < -0.39 is 0 Å². The Bertz CT molecular complexity index is 1330. The first-order valence-corrected chi connectivity index (χ1v) is 12.8. The monoisotopic (exact) mass is 477 g/mol. The summed E-state index contributed by atoms with van der Waals surface area (Å²) in [6, 6.07) is 17.6. The molecule has 0 fully saturated rings. The molecular formula is C26H31N5O2S. The van der Waals surface area contributed by atoms with E-state index in [2.05, 4.69) is 17.1 Å². The number of hydrogen-bond acceptors (Lipinski definition) is 5. The van der Waals surface area contributed by atoms with E-state index in [1.807, 2.05) is 77.7 Å². The van der Waals surface area contributed by atoms with Crippen molar-refractivity contribution in [1.82, 2.24) is 24.1 Å². The van der Waals surface area contributed by atoms with Crippen molar-refractivity contribution < 1.29 is 4.79 Å². The van der Waals surface area contributed by atoms with Crippen molar-refractivity contribution in [2.24, 2.45) is 0 Å². The Labute approximate surface area is 203 Å². The maximum Gasteiger partial charge on any atom is 0.262 e. The number of amides is 1. The van der Waals surface area contributed by atoms with Gasteiger partial charge in [0.2, 0.25) is 11.7 Å². The molecule has 4 aromatic rings. The standard InChI is InChI=1S/C26H31N5O2S/c1-4-5-11-16-29-24(33)21-14-9-10-15-22(21)31-25(29)27-28-26(31)34-18-23(32)30(19(2)3)17-20-12-7-6-8-13-20/h6-10,12-15,19H,4-5,11,16-18H2,1-3H3. The van der Waals surface area contributed by atoms with E-state index in [1.165, 1.54) is 11.8 Å². The molecule has 0 bridgehead atoms. The van der Waals surface area contributed by atoms with Gasteiger partial charge in [-0.05, 0) is 38.0 Å². The Morgan fingerprint density at radius 2 is 1.76 bits per heavy atom. The molecule has 0 atom stereocenters. The van der Waals surface area contributed by atoms with Crippen LogP contribution in [0.5, 0.6) is 0 Å². The number of aryl methyl sites for hydroxylation is 1. The topological polar surface area (TPSA) is 72.5 Å². The lowest BCUT2D eigenvalue weighted by Gasteiger charge is -2.26. The van der Waals surface area contributed by atoms with Crippen molar-refractivity contribution in [2.45, 2.75) is 64.3 Å². The molecule has 0 aliphatic heterocycles. The summed E-state index contributed by atoms with van der Waals surface area (Å²) in [5.74, 6) is 0.815. The molecule has 34 heavy (non-hydrogen) atoms. The molecule has 0 saturated heterocycles. The van der Waals surface area contributed by atoms with Crippen molar-refractivity contribution in [3.05, 3.63) is 70.5 Å². The lowest BCUT2D eigenvalue weighted by Crippen LogP contribution is -2.37.